The lowest BCUT2D eigenvalue weighted by molar-refractivity contribution is 0.0754. The molecule has 6 heteroatoms. The molecule has 1 amide bonds. The molecule has 0 atom stereocenters. The van der Waals surface area contributed by atoms with Crippen LogP contribution >= 0.6 is 23.2 Å². The van der Waals surface area contributed by atoms with Crippen LogP contribution < -0.4 is 0 Å². The van der Waals surface area contributed by atoms with Crippen molar-refractivity contribution in [1.82, 2.24) is 4.90 Å². The number of hydrogen-bond donors (Lipinski definition) is 1. The lowest BCUT2D eigenvalue weighted by Gasteiger charge is -2.27. The van der Waals surface area contributed by atoms with Crippen molar-refractivity contribution >= 4 is 34.8 Å². The van der Waals surface area contributed by atoms with Crippen molar-refractivity contribution in [1.29, 1.82) is 0 Å². The van der Waals surface area contributed by atoms with Crippen LogP contribution in [0.5, 0.6) is 0 Å². The molecule has 0 spiro atoms. The Bertz CT molecular complexity index is 493. The molecule has 0 saturated carbocycles. The zero-order valence-electron chi connectivity index (χ0n) is 9.57. The Morgan fingerprint density at radius 2 is 1.94 bits per heavy atom. The molecule has 0 aliphatic carbocycles. The minimum absolute atomic E-state index is 0.139. The van der Waals surface area contributed by atoms with E-state index in [9.17, 15) is 4.79 Å². The van der Waals surface area contributed by atoms with E-state index < -0.39 is 0 Å². The van der Waals surface area contributed by atoms with Gasteiger partial charge in [-0.2, -0.15) is 0 Å². The van der Waals surface area contributed by atoms with Crippen LogP contribution in [0, 0.1) is 0 Å². The number of carbonyl (C=O) groups is 1. The summed E-state index contributed by atoms with van der Waals surface area (Å²) in [6.07, 6.45) is 1.17. The Kier molecular flexibility index (Phi) is 4.09. The molecule has 0 aromatic heterocycles. The van der Waals surface area contributed by atoms with E-state index in [1.54, 1.807) is 23.1 Å². The fourth-order valence-corrected chi connectivity index (χ4v) is 2.29. The summed E-state index contributed by atoms with van der Waals surface area (Å²) < 4.78 is 0. The second kappa shape index (κ2) is 5.59. The van der Waals surface area contributed by atoms with Crippen molar-refractivity contribution in [3.05, 3.63) is 33.8 Å². The minimum atomic E-state index is -0.139. The molecule has 0 unspecified atom stereocenters. The van der Waals surface area contributed by atoms with Crippen LogP contribution in [0.25, 0.3) is 0 Å². The third-order valence-electron chi connectivity index (χ3n) is 2.95. The van der Waals surface area contributed by atoms with Gasteiger partial charge < -0.3 is 10.1 Å². The molecular weight excluding hydrogens is 275 g/mol. The molecule has 1 aliphatic heterocycles. The third-order valence-corrected chi connectivity index (χ3v) is 3.77. The number of rotatable bonds is 1. The van der Waals surface area contributed by atoms with Crippen LogP contribution in [-0.2, 0) is 0 Å². The van der Waals surface area contributed by atoms with Crippen LogP contribution in [0.1, 0.15) is 23.2 Å². The smallest absolute Gasteiger partial charge is 0.255 e. The number of likely N-dealkylation sites (tertiary alicyclic amines) is 1. The van der Waals surface area contributed by atoms with Crippen LogP contribution in [-0.4, -0.2) is 34.8 Å². The number of nitrogens with zero attached hydrogens (tertiary/aromatic N) is 2. The lowest BCUT2D eigenvalue weighted by Crippen LogP contribution is -2.38. The highest BCUT2D eigenvalue weighted by Crippen LogP contribution is 2.27. The van der Waals surface area contributed by atoms with Gasteiger partial charge in [0.05, 0.1) is 21.3 Å². The van der Waals surface area contributed by atoms with E-state index in [-0.39, 0.29) is 10.9 Å². The quantitative estimate of drug-likeness (QED) is 0.637. The van der Waals surface area contributed by atoms with Crippen molar-refractivity contribution in [2.24, 2.45) is 5.16 Å². The molecule has 2 rings (SSSR count). The van der Waals surface area contributed by atoms with Crippen LogP contribution in [0.15, 0.2) is 23.4 Å². The zero-order chi connectivity index (χ0) is 13.1. The second-order valence-electron chi connectivity index (χ2n) is 4.06. The topological polar surface area (TPSA) is 52.9 Å². The Balaban J connectivity index is 2.15. The molecular formula is C12H12Cl2N2O2. The highest BCUT2D eigenvalue weighted by molar-refractivity contribution is 6.43. The number of benzene rings is 1. The summed E-state index contributed by atoms with van der Waals surface area (Å²) in [5.74, 6) is -0.139. The van der Waals surface area contributed by atoms with Gasteiger partial charge >= 0.3 is 0 Å². The van der Waals surface area contributed by atoms with E-state index >= 15 is 0 Å². The predicted octanol–water partition coefficient (Wildman–Crippen LogP) is 3.06. The van der Waals surface area contributed by atoms with Crippen molar-refractivity contribution < 1.29 is 10.0 Å². The van der Waals surface area contributed by atoms with E-state index in [0.29, 0.717) is 36.5 Å². The molecule has 0 radical (unpaired) electrons. The maximum absolute atomic E-state index is 12.2. The number of hydrogen-bond acceptors (Lipinski definition) is 3. The van der Waals surface area contributed by atoms with Crippen molar-refractivity contribution in [2.45, 2.75) is 12.8 Å². The van der Waals surface area contributed by atoms with Gasteiger partial charge in [-0.15, -0.1) is 0 Å². The first kappa shape index (κ1) is 13.2. The van der Waals surface area contributed by atoms with Gasteiger partial charge in [0.25, 0.3) is 5.91 Å². The molecule has 1 aliphatic rings. The Labute approximate surface area is 115 Å². The van der Waals surface area contributed by atoms with E-state index in [0.717, 1.165) is 5.71 Å². The highest BCUT2D eigenvalue weighted by atomic mass is 35.5. The molecule has 1 aromatic rings. The molecule has 1 heterocycles. The zero-order valence-corrected chi connectivity index (χ0v) is 11.1. The maximum Gasteiger partial charge on any atom is 0.255 e. The molecule has 96 valence electrons. The molecule has 0 bridgehead atoms. The summed E-state index contributed by atoms with van der Waals surface area (Å²) in [4.78, 5) is 13.9. The average molecular weight is 287 g/mol. The summed E-state index contributed by atoms with van der Waals surface area (Å²) in [5.41, 5.74) is 1.13. The summed E-state index contributed by atoms with van der Waals surface area (Å²) in [7, 11) is 0. The molecule has 1 N–H and O–H groups in total. The molecule has 18 heavy (non-hydrogen) atoms. The number of halogens is 2. The van der Waals surface area contributed by atoms with Gasteiger partial charge in [-0.1, -0.05) is 34.4 Å². The van der Waals surface area contributed by atoms with Gasteiger partial charge in [0.2, 0.25) is 0 Å². The summed E-state index contributed by atoms with van der Waals surface area (Å²) in [5, 5.41) is 12.5. The van der Waals surface area contributed by atoms with Gasteiger partial charge in [0.1, 0.15) is 0 Å². The van der Waals surface area contributed by atoms with Gasteiger partial charge in [-0.3, -0.25) is 4.79 Å². The Hall–Kier alpha value is -1.26. The summed E-state index contributed by atoms with van der Waals surface area (Å²) >= 11 is 11.9. The third kappa shape index (κ3) is 2.60. The van der Waals surface area contributed by atoms with Crippen molar-refractivity contribution in [3.8, 4) is 0 Å². The van der Waals surface area contributed by atoms with Crippen LogP contribution in [0.2, 0.25) is 10.0 Å². The predicted molar refractivity (Wildman–Crippen MR) is 70.8 cm³/mol. The molecule has 4 nitrogen and oxygen atoms in total. The molecule has 1 fully saturated rings. The average Bonchev–Trinajstić information content (AvgIpc) is 2.41. The van der Waals surface area contributed by atoms with Gasteiger partial charge in [-0.25, -0.2) is 0 Å². The monoisotopic (exact) mass is 286 g/mol. The first-order valence-electron chi connectivity index (χ1n) is 5.56. The number of oxime groups is 1. The first-order valence-corrected chi connectivity index (χ1v) is 6.32. The fraction of sp³-hybridized carbons (Fsp3) is 0.333. The van der Waals surface area contributed by atoms with Gasteiger partial charge in [0, 0.05) is 25.9 Å². The normalized spacial score (nSPS) is 15.7. The standard InChI is InChI=1S/C12H12Cl2N2O2/c13-10-3-1-2-9(11(10)14)12(17)16-6-4-8(15-18)5-7-16/h1-3,18H,4-7H2. The second-order valence-corrected chi connectivity index (χ2v) is 4.84. The Morgan fingerprint density at radius 3 is 2.56 bits per heavy atom. The minimum Gasteiger partial charge on any atom is -0.411 e. The van der Waals surface area contributed by atoms with Gasteiger partial charge in [0.15, 0.2) is 0 Å². The van der Waals surface area contributed by atoms with Crippen LogP contribution in [0.4, 0.5) is 0 Å². The largest absolute Gasteiger partial charge is 0.411 e. The summed E-state index contributed by atoms with van der Waals surface area (Å²) in [6.45, 7) is 1.06. The number of carbonyl (C=O) groups excluding carboxylic acids is 1. The fourth-order valence-electron chi connectivity index (χ4n) is 1.91. The Morgan fingerprint density at radius 1 is 1.28 bits per heavy atom. The molecule has 1 saturated heterocycles. The van der Waals surface area contributed by atoms with E-state index in [2.05, 4.69) is 5.16 Å². The van der Waals surface area contributed by atoms with Gasteiger partial charge in [-0.05, 0) is 12.1 Å². The number of piperidine rings is 1. The van der Waals surface area contributed by atoms with Crippen molar-refractivity contribution in [2.75, 3.05) is 13.1 Å². The van der Waals surface area contributed by atoms with E-state index in [1.165, 1.54) is 0 Å². The highest BCUT2D eigenvalue weighted by Gasteiger charge is 2.23. The van der Waals surface area contributed by atoms with Crippen LogP contribution in [0.3, 0.4) is 0 Å². The van der Waals surface area contributed by atoms with E-state index in [1.807, 2.05) is 0 Å². The maximum atomic E-state index is 12.2. The SMILES string of the molecule is O=C(c1cccc(Cl)c1Cl)N1CCC(=NO)CC1. The molecule has 1 aromatic carbocycles. The summed E-state index contributed by atoms with van der Waals surface area (Å²) in [6, 6.07) is 5.01. The van der Waals surface area contributed by atoms with Crippen molar-refractivity contribution in [3.63, 3.8) is 0 Å². The van der Waals surface area contributed by atoms with E-state index in [4.69, 9.17) is 28.4 Å². The lowest BCUT2D eigenvalue weighted by atomic mass is 10.1. The first-order chi connectivity index (χ1) is 8.63. The number of amides is 1.